The number of phenolic OH excluding ortho intramolecular Hbond substituents is 1. The minimum atomic E-state index is -2.02. The molecule has 10 atom stereocenters. The highest BCUT2D eigenvalue weighted by molar-refractivity contribution is 5.90. The SMILES string of the molecule is C[C@H]1O[C@H](OC[C@@H]2O[C@H](Oc3c(-c4ccc(OCCO)c(OCCO)c4)oc4cc(OCCO)c(CCO)c(O)c4c3=O)[C@@H](O)[C@H](O)[C@H]2O)[C@@H](O)[C@@H](O)[C@@H]1O. The van der Waals surface area contributed by atoms with Crippen molar-refractivity contribution in [3.05, 3.63) is 40.1 Å². The van der Waals surface area contributed by atoms with Crippen LogP contribution < -0.4 is 24.4 Å². The van der Waals surface area contributed by atoms with Crippen molar-refractivity contribution < 1.29 is 93.7 Å². The van der Waals surface area contributed by atoms with Crippen LogP contribution >= 0.6 is 0 Å². The van der Waals surface area contributed by atoms with Crippen LogP contribution in [0.4, 0.5) is 0 Å². The average Bonchev–Trinajstić information content (AvgIpc) is 3.18. The number of fused-ring (bicyclic) bond motifs is 1. The van der Waals surface area contributed by atoms with Crippen LogP contribution in [0, 0.1) is 0 Å². The van der Waals surface area contributed by atoms with Gasteiger partial charge in [0.1, 0.15) is 85.0 Å². The Labute approximate surface area is 312 Å². The summed E-state index contributed by atoms with van der Waals surface area (Å²) in [6.07, 6.45) is -16.7. The number of rotatable bonds is 17. The van der Waals surface area contributed by atoms with Gasteiger partial charge in [-0.15, -0.1) is 0 Å². The largest absolute Gasteiger partial charge is 0.507 e. The number of benzene rings is 2. The van der Waals surface area contributed by atoms with Gasteiger partial charge in [-0.05, 0) is 25.1 Å². The van der Waals surface area contributed by atoms with E-state index in [1.807, 2.05) is 0 Å². The fraction of sp³-hybridized carbons (Fsp3) is 0.571. The second-order valence-corrected chi connectivity index (χ2v) is 12.7. The molecule has 0 amide bonds. The van der Waals surface area contributed by atoms with Crippen molar-refractivity contribution in [3.63, 3.8) is 0 Å². The van der Waals surface area contributed by atoms with E-state index in [1.54, 1.807) is 0 Å². The third-order valence-electron chi connectivity index (χ3n) is 8.93. The number of aliphatic hydroxyl groups is 10. The van der Waals surface area contributed by atoms with Crippen molar-refractivity contribution in [3.8, 4) is 40.1 Å². The Morgan fingerprint density at radius 2 is 1.31 bits per heavy atom. The zero-order valence-corrected chi connectivity index (χ0v) is 29.5. The second-order valence-electron chi connectivity index (χ2n) is 12.7. The molecule has 1 aromatic heterocycles. The minimum Gasteiger partial charge on any atom is -0.507 e. The van der Waals surface area contributed by atoms with Gasteiger partial charge in [0.25, 0.3) is 0 Å². The highest BCUT2D eigenvalue weighted by Crippen LogP contribution is 2.42. The summed E-state index contributed by atoms with van der Waals surface area (Å²) in [5.41, 5.74) is -1.23. The predicted molar refractivity (Wildman–Crippen MR) is 184 cm³/mol. The van der Waals surface area contributed by atoms with Gasteiger partial charge in [-0.25, -0.2) is 0 Å². The van der Waals surface area contributed by atoms with E-state index in [4.69, 9.17) is 37.6 Å². The van der Waals surface area contributed by atoms with E-state index in [0.717, 1.165) is 0 Å². The first-order chi connectivity index (χ1) is 26.4. The second kappa shape index (κ2) is 18.8. The fourth-order valence-electron chi connectivity index (χ4n) is 6.07. The van der Waals surface area contributed by atoms with Gasteiger partial charge < -0.3 is 93.7 Å². The predicted octanol–water partition coefficient (Wildman–Crippen LogP) is -3.16. The Morgan fingerprint density at radius 3 is 1.96 bits per heavy atom. The quantitative estimate of drug-likeness (QED) is 0.0643. The number of hydrogen-bond donors (Lipinski definition) is 11. The molecule has 20 heteroatoms. The van der Waals surface area contributed by atoms with Crippen molar-refractivity contribution in [2.24, 2.45) is 0 Å². The molecule has 0 saturated carbocycles. The van der Waals surface area contributed by atoms with E-state index in [1.165, 1.54) is 31.2 Å². The van der Waals surface area contributed by atoms with Crippen LogP contribution in [0.15, 0.2) is 33.5 Å². The van der Waals surface area contributed by atoms with Crippen LogP contribution in [0.3, 0.4) is 0 Å². The lowest BCUT2D eigenvalue weighted by Crippen LogP contribution is -2.61. The Balaban J connectivity index is 1.59. The summed E-state index contributed by atoms with van der Waals surface area (Å²) < 4.78 is 45.5. The van der Waals surface area contributed by atoms with Gasteiger partial charge in [0.15, 0.2) is 23.5 Å². The Hall–Kier alpha value is -3.87. The first-order valence-corrected chi connectivity index (χ1v) is 17.4. The van der Waals surface area contributed by atoms with Crippen LogP contribution in [0.5, 0.6) is 28.7 Å². The zero-order valence-electron chi connectivity index (χ0n) is 29.5. The van der Waals surface area contributed by atoms with Gasteiger partial charge in [-0.1, -0.05) is 0 Å². The van der Waals surface area contributed by atoms with Gasteiger partial charge in [-0.3, -0.25) is 4.79 Å². The Morgan fingerprint density at radius 1 is 0.691 bits per heavy atom. The summed E-state index contributed by atoms with van der Waals surface area (Å²) in [5, 5.41) is 112. The number of ether oxygens (including phenoxy) is 7. The monoisotopic (exact) mass is 786 g/mol. The lowest BCUT2D eigenvalue weighted by molar-refractivity contribution is -0.318. The lowest BCUT2D eigenvalue weighted by atomic mass is 9.98. The standard InChI is InChI=1S/C35H46O20/c1-15-24(40)28(44)30(46)34(52-15)51-14-22-26(42)29(45)31(47)35(54-22)55-33-27(43)23-21(13-19(49-10-7-38)17(4-5-36)25(23)41)53-32(33)16-2-3-18(48-9-6-37)20(12-16)50-11-8-39/h2-3,12-13,15,22,24,26,28-31,34-42,44-47H,4-11,14H2,1H3/t15-,22+,24-,26+,28+,29-,30+,31+,34+,35-/m1/s1. The van der Waals surface area contributed by atoms with E-state index in [-0.39, 0.29) is 72.6 Å². The highest BCUT2D eigenvalue weighted by atomic mass is 16.7. The summed E-state index contributed by atoms with van der Waals surface area (Å²) in [6.45, 7) is -1.35. The van der Waals surface area contributed by atoms with Gasteiger partial charge in [0.05, 0.1) is 32.5 Å². The average molecular weight is 787 g/mol. The van der Waals surface area contributed by atoms with Gasteiger partial charge in [-0.2, -0.15) is 0 Å². The molecule has 20 nitrogen and oxygen atoms in total. The van der Waals surface area contributed by atoms with Crippen molar-refractivity contribution in [1.29, 1.82) is 0 Å². The number of aromatic hydroxyl groups is 1. The minimum absolute atomic E-state index is 0.0108. The first-order valence-electron chi connectivity index (χ1n) is 17.4. The zero-order chi connectivity index (χ0) is 40.0. The van der Waals surface area contributed by atoms with Gasteiger partial charge in [0, 0.05) is 30.2 Å². The molecule has 11 N–H and O–H groups in total. The van der Waals surface area contributed by atoms with Crippen LogP contribution in [0.1, 0.15) is 12.5 Å². The third kappa shape index (κ3) is 9.07. The van der Waals surface area contributed by atoms with E-state index in [2.05, 4.69) is 0 Å². The maximum Gasteiger partial charge on any atom is 0.239 e. The van der Waals surface area contributed by atoms with Crippen molar-refractivity contribution >= 4 is 11.0 Å². The maximum atomic E-state index is 14.4. The normalized spacial score (nSPS) is 28.3. The fourth-order valence-corrected chi connectivity index (χ4v) is 6.07. The molecule has 0 spiro atoms. The molecule has 2 fully saturated rings. The maximum absolute atomic E-state index is 14.4. The van der Waals surface area contributed by atoms with E-state index in [0.29, 0.717) is 0 Å². The summed E-state index contributed by atoms with van der Waals surface area (Å²) in [5.74, 6) is -1.56. The molecule has 0 bridgehead atoms. The smallest absolute Gasteiger partial charge is 0.239 e. The Kier molecular flexibility index (Phi) is 14.5. The summed E-state index contributed by atoms with van der Waals surface area (Å²) >= 11 is 0. The molecule has 2 aromatic carbocycles. The first kappa shape index (κ1) is 42.3. The van der Waals surface area contributed by atoms with E-state index >= 15 is 0 Å². The van der Waals surface area contributed by atoms with Gasteiger partial charge >= 0.3 is 0 Å². The summed E-state index contributed by atoms with van der Waals surface area (Å²) in [7, 11) is 0. The van der Waals surface area contributed by atoms with E-state index < -0.39 is 110 Å². The molecule has 0 aliphatic carbocycles. The van der Waals surface area contributed by atoms with E-state index in [9.17, 15) is 61.0 Å². The molecule has 306 valence electrons. The summed E-state index contributed by atoms with van der Waals surface area (Å²) in [4.78, 5) is 14.4. The van der Waals surface area contributed by atoms with Crippen molar-refractivity contribution in [2.75, 3.05) is 52.9 Å². The third-order valence-corrected chi connectivity index (χ3v) is 8.93. The van der Waals surface area contributed by atoms with Crippen LogP contribution in [0.25, 0.3) is 22.3 Å². The molecule has 55 heavy (non-hydrogen) atoms. The molecular formula is C35H46O20. The Bertz CT molecular complexity index is 1780. The molecule has 3 heterocycles. The summed E-state index contributed by atoms with van der Waals surface area (Å²) in [6, 6.07) is 5.41. The topological polar surface area (TPSA) is 317 Å². The molecule has 2 saturated heterocycles. The molecule has 3 aromatic rings. The van der Waals surface area contributed by atoms with Gasteiger partial charge in [0.2, 0.25) is 17.5 Å². The lowest BCUT2D eigenvalue weighted by Gasteiger charge is -2.42. The number of hydrogen-bond acceptors (Lipinski definition) is 20. The molecule has 0 unspecified atom stereocenters. The van der Waals surface area contributed by atoms with Crippen molar-refractivity contribution in [1.82, 2.24) is 0 Å². The van der Waals surface area contributed by atoms with Crippen LogP contribution in [0.2, 0.25) is 0 Å². The molecule has 0 radical (unpaired) electrons. The van der Waals surface area contributed by atoms with Crippen LogP contribution in [-0.4, -0.2) is 170 Å². The number of phenols is 1. The van der Waals surface area contributed by atoms with Crippen molar-refractivity contribution in [2.45, 2.75) is 74.8 Å². The molecule has 5 rings (SSSR count). The highest BCUT2D eigenvalue weighted by Gasteiger charge is 2.48. The molecule has 2 aliphatic heterocycles. The molecular weight excluding hydrogens is 740 g/mol. The number of aliphatic hydroxyl groups excluding tert-OH is 10. The molecule has 2 aliphatic rings. The van der Waals surface area contributed by atoms with Crippen LogP contribution in [-0.2, 0) is 20.6 Å².